The number of esters is 1. The van der Waals surface area contributed by atoms with Gasteiger partial charge < -0.3 is 14.4 Å². The first-order valence-electron chi connectivity index (χ1n) is 12.8. The van der Waals surface area contributed by atoms with E-state index < -0.39 is 5.91 Å². The van der Waals surface area contributed by atoms with Crippen molar-refractivity contribution in [1.82, 2.24) is 9.99 Å². The van der Waals surface area contributed by atoms with Crippen LogP contribution in [0.2, 0.25) is 0 Å². The van der Waals surface area contributed by atoms with E-state index in [1.165, 1.54) is 24.3 Å². The van der Waals surface area contributed by atoms with Crippen LogP contribution in [0.1, 0.15) is 33.2 Å². The molecule has 7 nitrogen and oxygen atoms in total. The summed E-state index contributed by atoms with van der Waals surface area (Å²) in [5.74, 6) is -0.683. The van der Waals surface area contributed by atoms with Crippen LogP contribution in [0.25, 0.3) is 28.2 Å². The summed E-state index contributed by atoms with van der Waals surface area (Å²) in [6.07, 6.45) is 1.62. The zero-order chi connectivity index (χ0) is 27.9. The number of aromatic nitrogens is 1. The van der Waals surface area contributed by atoms with Crippen LogP contribution in [-0.4, -0.2) is 34.4 Å². The van der Waals surface area contributed by atoms with Crippen molar-refractivity contribution >= 4 is 18.1 Å². The van der Waals surface area contributed by atoms with Gasteiger partial charge in [0.2, 0.25) is 0 Å². The Morgan fingerprint density at radius 1 is 0.825 bits per heavy atom. The molecule has 1 amide bonds. The molecule has 0 aliphatic heterocycles. The summed E-state index contributed by atoms with van der Waals surface area (Å²) in [5.41, 5.74) is 8.77. The van der Waals surface area contributed by atoms with Crippen molar-refractivity contribution < 1.29 is 19.4 Å². The summed E-state index contributed by atoms with van der Waals surface area (Å²) in [6, 6.07) is 35.1. The number of nitrogens with zero attached hydrogens (tertiary/aromatic N) is 2. The highest BCUT2D eigenvalue weighted by atomic mass is 16.5. The van der Waals surface area contributed by atoms with Crippen molar-refractivity contribution in [1.29, 1.82) is 0 Å². The Kier molecular flexibility index (Phi) is 7.83. The largest absolute Gasteiger partial charge is 0.508 e. The van der Waals surface area contributed by atoms with E-state index in [0.29, 0.717) is 17.7 Å². The number of nitrogens with one attached hydrogen (secondary N) is 1. The van der Waals surface area contributed by atoms with Crippen LogP contribution in [0.5, 0.6) is 5.75 Å². The van der Waals surface area contributed by atoms with E-state index in [2.05, 4.69) is 15.1 Å². The maximum atomic E-state index is 12.6. The third kappa shape index (κ3) is 5.68. The van der Waals surface area contributed by atoms with Gasteiger partial charge in [-0.15, -0.1) is 0 Å². The predicted octanol–water partition coefficient (Wildman–Crippen LogP) is 6.46. The van der Waals surface area contributed by atoms with E-state index in [0.717, 1.165) is 33.8 Å². The van der Waals surface area contributed by atoms with Crippen molar-refractivity contribution in [2.75, 3.05) is 6.61 Å². The number of aromatic hydroxyl groups is 1. The molecular weight excluding hydrogens is 502 g/mol. The summed E-state index contributed by atoms with van der Waals surface area (Å²) in [5, 5.41) is 13.8. The highest BCUT2D eigenvalue weighted by molar-refractivity contribution is 5.97. The number of carbonyl (C=O) groups is 2. The molecule has 1 heterocycles. The number of hydrogen-bond donors (Lipinski definition) is 2. The summed E-state index contributed by atoms with van der Waals surface area (Å²) < 4.78 is 7.27. The average molecular weight is 530 g/mol. The van der Waals surface area contributed by atoms with Crippen LogP contribution in [-0.2, 0) is 4.74 Å². The number of amides is 1. The molecular formula is C33H27N3O4. The molecule has 0 saturated carbocycles. The summed E-state index contributed by atoms with van der Waals surface area (Å²) in [6.45, 7) is 2.08. The molecule has 5 rings (SSSR count). The highest BCUT2D eigenvalue weighted by Gasteiger charge is 2.19. The molecule has 0 saturated heterocycles. The number of ether oxygens (including phenoxy) is 1. The van der Waals surface area contributed by atoms with E-state index in [-0.39, 0.29) is 11.7 Å². The Hall–Kier alpha value is -5.43. The van der Waals surface area contributed by atoms with Crippen molar-refractivity contribution in [3.8, 4) is 34.0 Å². The second kappa shape index (κ2) is 12.0. The molecule has 7 heteroatoms. The maximum absolute atomic E-state index is 12.6. The number of rotatable bonds is 8. The molecule has 2 N–H and O–H groups in total. The second-order valence-electron chi connectivity index (χ2n) is 8.91. The standard InChI is InChI=1S/C33H27N3O4/c1-2-40-33(39)26-13-17-28(18-14-26)36-30(23-9-5-3-6-10-23)21-27(31(36)24-11-7-4-8-12-24)22-34-35-32(38)25-15-19-29(37)20-16-25/h3-22,37H,2H2,1H3,(H,35,38)/b34-22-. The van der Waals surface area contributed by atoms with Gasteiger partial charge in [-0.3, -0.25) is 4.79 Å². The second-order valence-corrected chi connectivity index (χ2v) is 8.91. The number of benzene rings is 4. The van der Waals surface area contributed by atoms with Crippen molar-refractivity contribution in [3.63, 3.8) is 0 Å². The Morgan fingerprint density at radius 3 is 2.05 bits per heavy atom. The maximum Gasteiger partial charge on any atom is 0.338 e. The van der Waals surface area contributed by atoms with Crippen molar-refractivity contribution in [2.24, 2.45) is 5.10 Å². The van der Waals surface area contributed by atoms with Gasteiger partial charge in [0, 0.05) is 16.8 Å². The van der Waals surface area contributed by atoms with E-state index in [4.69, 9.17) is 4.74 Å². The van der Waals surface area contributed by atoms with Gasteiger partial charge in [-0.1, -0.05) is 60.7 Å². The molecule has 5 aromatic rings. The Morgan fingerprint density at radius 2 is 1.43 bits per heavy atom. The Balaban J connectivity index is 1.61. The number of phenols is 1. The fraction of sp³-hybridized carbons (Fsp3) is 0.0606. The molecule has 0 spiro atoms. The van der Waals surface area contributed by atoms with E-state index in [9.17, 15) is 14.7 Å². The third-order valence-electron chi connectivity index (χ3n) is 6.28. The first-order valence-corrected chi connectivity index (χ1v) is 12.8. The fourth-order valence-electron chi connectivity index (χ4n) is 4.41. The van der Waals surface area contributed by atoms with Crippen molar-refractivity contribution in [3.05, 3.63) is 132 Å². The van der Waals surface area contributed by atoms with Crippen LogP contribution in [0.4, 0.5) is 0 Å². The lowest BCUT2D eigenvalue weighted by atomic mass is 10.1. The molecule has 1 aromatic heterocycles. The van der Waals surface area contributed by atoms with Crippen LogP contribution >= 0.6 is 0 Å². The molecule has 0 fully saturated rings. The summed E-state index contributed by atoms with van der Waals surface area (Å²) >= 11 is 0. The van der Waals surface area contributed by atoms with Crippen molar-refractivity contribution in [2.45, 2.75) is 6.92 Å². The van der Waals surface area contributed by atoms with Gasteiger partial charge in [-0.25, -0.2) is 10.2 Å². The molecule has 0 atom stereocenters. The van der Waals surface area contributed by atoms with Gasteiger partial charge >= 0.3 is 5.97 Å². The van der Waals surface area contributed by atoms with Gasteiger partial charge in [0.1, 0.15) is 5.75 Å². The zero-order valence-electron chi connectivity index (χ0n) is 21.8. The predicted molar refractivity (Wildman–Crippen MR) is 156 cm³/mol. The third-order valence-corrected chi connectivity index (χ3v) is 6.28. The highest BCUT2D eigenvalue weighted by Crippen LogP contribution is 2.35. The van der Waals surface area contributed by atoms with Crippen LogP contribution in [0.3, 0.4) is 0 Å². The lowest BCUT2D eigenvalue weighted by molar-refractivity contribution is 0.0526. The van der Waals surface area contributed by atoms with Crippen LogP contribution < -0.4 is 5.43 Å². The Labute approximate surface area is 232 Å². The molecule has 0 bridgehead atoms. The summed E-state index contributed by atoms with van der Waals surface area (Å²) in [7, 11) is 0. The molecule has 0 aliphatic rings. The van der Waals surface area contributed by atoms with E-state index in [1.807, 2.05) is 78.9 Å². The first-order chi connectivity index (χ1) is 19.5. The van der Waals surface area contributed by atoms with Crippen LogP contribution in [0.15, 0.2) is 120 Å². The minimum absolute atomic E-state index is 0.0811. The minimum Gasteiger partial charge on any atom is -0.508 e. The van der Waals surface area contributed by atoms with Gasteiger partial charge in [-0.2, -0.15) is 5.10 Å². The number of phenolic OH excluding ortho intramolecular Hbond substituents is 1. The SMILES string of the molecule is CCOC(=O)c1ccc(-n2c(-c3ccccc3)cc(/C=N\NC(=O)c3ccc(O)cc3)c2-c2ccccc2)cc1. The normalized spacial score (nSPS) is 10.9. The molecule has 40 heavy (non-hydrogen) atoms. The number of carbonyl (C=O) groups excluding carboxylic acids is 2. The van der Waals surface area contributed by atoms with Gasteiger partial charge in [0.25, 0.3) is 5.91 Å². The first kappa shape index (κ1) is 26.2. The zero-order valence-corrected chi connectivity index (χ0v) is 21.8. The van der Waals surface area contributed by atoms with Crippen LogP contribution in [0, 0.1) is 0 Å². The van der Waals surface area contributed by atoms with Gasteiger partial charge in [0.15, 0.2) is 0 Å². The van der Waals surface area contributed by atoms with E-state index in [1.54, 1.807) is 25.3 Å². The topological polar surface area (TPSA) is 92.9 Å². The average Bonchev–Trinajstić information content (AvgIpc) is 3.38. The number of hydrazone groups is 1. The minimum atomic E-state index is -0.394. The molecule has 0 radical (unpaired) electrons. The van der Waals surface area contributed by atoms with E-state index >= 15 is 0 Å². The molecule has 0 aliphatic carbocycles. The lowest BCUT2D eigenvalue weighted by Crippen LogP contribution is -2.17. The molecule has 4 aromatic carbocycles. The number of hydrogen-bond acceptors (Lipinski definition) is 5. The molecule has 198 valence electrons. The smallest absolute Gasteiger partial charge is 0.338 e. The Bertz CT molecular complexity index is 1640. The monoisotopic (exact) mass is 529 g/mol. The fourth-order valence-corrected chi connectivity index (χ4v) is 4.41. The van der Waals surface area contributed by atoms with Gasteiger partial charge in [0.05, 0.1) is 29.8 Å². The summed E-state index contributed by atoms with van der Waals surface area (Å²) in [4.78, 5) is 24.9. The lowest BCUT2D eigenvalue weighted by Gasteiger charge is -2.15. The quantitative estimate of drug-likeness (QED) is 0.137. The molecule has 0 unspecified atom stereocenters. The van der Waals surface area contributed by atoms with Gasteiger partial charge in [-0.05, 0) is 72.6 Å².